The van der Waals surface area contributed by atoms with Crippen LogP contribution in [-0.2, 0) is 6.42 Å². The van der Waals surface area contributed by atoms with E-state index < -0.39 is 5.63 Å². The Labute approximate surface area is 170 Å². The highest BCUT2D eigenvalue weighted by Crippen LogP contribution is 2.37. The average molecular weight is 397 g/mol. The fourth-order valence-electron chi connectivity index (χ4n) is 3.67. The summed E-state index contributed by atoms with van der Waals surface area (Å²) < 4.78 is 5.74. The Morgan fingerprint density at radius 1 is 1.04 bits per heavy atom. The molecule has 0 amide bonds. The molecular formula is C24H28O3S. The van der Waals surface area contributed by atoms with Gasteiger partial charge in [-0.3, -0.25) is 0 Å². The molecular weight excluding hydrogens is 368 g/mol. The molecule has 1 aromatic carbocycles. The van der Waals surface area contributed by atoms with Crippen LogP contribution in [0, 0.1) is 13.8 Å². The van der Waals surface area contributed by atoms with Crippen molar-refractivity contribution >= 4 is 11.3 Å². The summed E-state index contributed by atoms with van der Waals surface area (Å²) >= 11 is 1.66. The summed E-state index contributed by atoms with van der Waals surface area (Å²) in [6.07, 6.45) is 2.34. The van der Waals surface area contributed by atoms with Gasteiger partial charge in [0.05, 0.1) is 5.56 Å². The van der Waals surface area contributed by atoms with Gasteiger partial charge in [0.1, 0.15) is 11.5 Å². The third-order valence-electron chi connectivity index (χ3n) is 5.34. The van der Waals surface area contributed by atoms with Gasteiger partial charge >= 0.3 is 5.63 Å². The largest absolute Gasteiger partial charge is 0.507 e. The van der Waals surface area contributed by atoms with E-state index in [1.54, 1.807) is 17.4 Å². The van der Waals surface area contributed by atoms with Crippen LogP contribution < -0.4 is 5.63 Å². The minimum atomic E-state index is -0.421. The molecule has 2 aromatic heterocycles. The first-order valence-electron chi connectivity index (χ1n) is 9.91. The molecule has 4 heteroatoms. The molecule has 0 aliphatic heterocycles. The summed E-state index contributed by atoms with van der Waals surface area (Å²) in [6, 6.07) is 14.1. The van der Waals surface area contributed by atoms with E-state index in [-0.39, 0.29) is 17.6 Å². The Morgan fingerprint density at radius 3 is 2.29 bits per heavy atom. The molecule has 0 bridgehead atoms. The molecule has 3 aromatic rings. The lowest BCUT2D eigenvalue weighted by atomic mass is 9.91. The van der Waals surface area contributed by atoms with E-state index in [9.17, 15) is 9.90 Å². The second-order valence-electron chi connectivity index (χ2n) is 7.44. The minimum Gasteiger partial charge on any atom is -0.507 e. The van der Waals surface area contributed by atoms with Crippen LogP contribution in [0.25, 0.3) is 0 Å². The molecule has 148 valence electrons. The van der Waals surface area contributed by atoms with Gasteiger partial charge in [0.15, 0.2) is 0 Å². The Bertz CT molecular complexity index is 982. The number of benzene rings is 1. The van der Waals surface area contributed by atoms with Crippen molar-refractivity contribution in [1.82, 2.24) is 0 Å². The first-order chi connectivity index (χ1) is 13.4. The number of aromatic hydroxyl groups is 1. The zero-order valence-corrected chi connectivity index (χ0v) is 17.8. The quantitative estimate of drug-likeness (QED) is 0.510. The van der Waals surface area contributed by atoms with Crippen molar-refractivity contribution in [2.45, 2.75) is 58.8 Å². The molecule has 0 saturated carbocycles. The topological polar surface area (TPSA) is 50.4 Å². The summed E-state index contributed by atoms with van der Waals surface area (Å²) in [6.45, 7) is 8.21. The molecule has 2 unspecified atom stereocenters. The summed E-state index contributed by atoms with van der Waals surface area (Å²) in [5.41, 5.74) is 2.37. The van der Waals surface area contributed by atoms with E-state index in [0.717, 1.165) is 24.1 Å². The molecule has 0 saturated heterocycles. The van der Waals surface area contributed by atoms with Gasteiger partial charge in [0.25, 0.3) is 0 Å². The van der Waals surface area contributed by atoms with Gasteiger partial charge in [0.2, 0.25) is 0 Å². The van der Waals surface area contributed by atoms with E-state index in [0.29, 0.717) is 11.3 Å². The van der Waals surface area contributed by atoms with Gasteiger partial charge in [-0.2, -0.15) is 0 Å². The predicted octanol–water partition coefficient (Wildman–Crippen LogP) is 6.30. The third kappa shape index (κ3) is 4.39. The maximum absolute atomic E-state index is 12.8. The molecule has 0 radical (unpaired) electrons. The number of thiophene rings is 1. The van der Waals surface area contributed by atoms with E-state index in [1.807, 2.05) is 26.0 Å². The first-order valence-corrected chi connectivity index (χ1v) is 10.7. The molecule has 3 rings (SSSR count). The smallest absolute Gasteiger partial charge is 0.343 e. The maximum atomic E-state index is 12.8. The Hall–Kier alpha value is -2.33. The molecule has 3 nitrogen and oxygen atoms in total. The van der Waals surface area contributed by atoms with Crippen molar-refractivity contribution in [3.8, 4) is 5.75 Å². The summed E-state index contributed by atoms with van der Waals surface area (Å²) in [5, 5.41) is 10.7. The van der Waals surface area contributed by atoms with Crippen LogP contribution in [0.5, 0.6) is 5.75 Å². The van der Waals surface area contributed by atoms with Gasteiger partial charge in [-0.15, -0.1) is 11.3 Å². The highest BCUT2D eigenvalue weighted by molar-refractivity contribution is 7.12. The number of rotatable bonds is 7. The monoisotopic (exact) mass is 396 g/mol. The van der Waals surface area contributed by atoms with Crippen LogP contribution in [0.2, 0.25) is 0 Å². The second-order valence-corrected chi connectivity index (χ2v) is 8.76. The summed E-state index contributed by atoms with van der Waals surface area (Å²) in [4.78, 5) is 15.1. The minimum absolute atomic E-state index is 0.0477. The van der Waals surface area contributed by atoms with Crippen molar-refractivity contribution in [2.24, 2.45) is 0 Å². The van der Waals surface area contributed by atoms with E-state index >= 15 is 0 Å². The van der Waals surface area contributed by atoms with Gasteiger partial charge in [-0.05, 0) is 50.8 Å². The first kappa shape index (κ1) is 20.4. The van der Waals surface area contributed by atoms with Crippen molar-refractivity contribution in [1.29, 1.82) is 0 Å². The summed E-state index contributed by atoms with van der Waals surface area (Å²) in [7, 11) is 0. The molecule has 0 aliphatic rings. The molecule has 0 aliphatic carbocycles. The van der Waals surface area contributed by atoms with E-state index in [1.165, 1.54) is 16.0 Å². The normalized spacial score (nSPS) is 13.4. The fourth-order valence-corrected chi connectivity index (χ4v) is 4.74. The van der Waals surface area contributed by atoms with Gasteiger partial charge < -0.3 is 9.52 Å². The van der Waals surface area contributed by atoms with Gasteiger partial charge in [-0.25, -0.2) is 4.79 Å². The molecule has 0 spiro atoms. The maximum Gasteiger partial charge on any atom is 0.343 e. The Kier molecular flexibility index (Phi) is 6.40. The van der Waals surface area contributed by atoms with Crippen LogP contribution in [0.3, 0.4) is 0 Å². The molecule has 2 heterocycles. The Balaban J connectivity index is 1.93. The molecule has 28 heavy (non-hydrogen) atoms. The number of aryl methyl sites for hydroxylation is 2. The lowest BCUT2D eigenvalue weighted by Gasteiger charge is -2.18. The molecule has 1 N–H and O–H groups in total. The fraction of sp³-hybridized carbons (Fsp3) is 0.375. The van der Waals surface area contributed by atoms with E-state index in [4.69, 9.17) is 4.42 Å². The Morgan fingerprint density at radius 2 is 1.75 bits per heavy atom. The van der Waals surface area contributed by atoms with Crippen molar-refractivity contribution in [3.63, 3.8) is 0 Å². The average Bonchev–Trinajstić information content (AvgIpc) is 3.10. The van der Waals surface area contributed by atoms with Gasteiger partial charge in [0, 0.05) is 27.7 Å². The lowest BCUT2D eigenvalue weighted by molar-refractivity contribution is 0.381. The number of hydrogen-bond donors (Lipinski definition) is 1. The van der Waals surface area contributed by atoms with Crippen LogP contribution in [0.15, 0.2) is 51.7 Å². The SMILES string of the molecule is CCC(Cc1ccc(C)cc1)c1cc(O)c(C(CC)c2ccc(C)s2)c(=O)o1. The molecule has 0 fully saturated rings. The number of hydrogen-bond acceptors (Lipinski definition) is 4. The van der Waals surface area contributed by atoms with Crippen LogP contribution >= 0.6 is 11.3 Å². The highest BCUT2D eigenvalue weighted by atomic mass is 32.1. The summed E-state index contributed by atoms with van der Waals surface area (Å²) in [5.74, 6) is 0.527. The van der Waals surface area contributed by atoms with Crippen molar-refractivity contribution in [3.05, 3.63) is 85.1 Å². The lowest BCUT2D eigenvalue weighted by Crippen LogP contribution is -2.15. The van der Waals surface area contributed by atoms with Crippen molar-refractivity contribution < 1.29 is 9.52 Å². The van der Waals surface area contributed by atoms with Crippen LogP contribution in [-0.4, -0.2) is 5.11 Å². The highest BCUT2D eigenvalue weighted by Gasteiger charge is 2.25. The van der Waals surface area contributed by atoms with E-state index in [2.05, 4.69) is 38.1 Å². The third-order valence-corrected chi connectivity index (χ3v) is 6.46. The zero-order valence-electron chi connectivity index (χ0n) is 17.0. The molecule has 2 atom stereocenters. The zero-order chi connectivity index (χ0) is 20.3. The van der Waals surface area contributed by atoms with Crippen LogP contribution in [0.4, 0.5) is 0 Å². The standard InChI is InChI=1S/C24H28O3S/c1-5-18(13-17-10-7-15(3)8-11-17)21-14-20(25)23(24(26)27-21)19(6-2)22-12-9-16(4)28-22/h7-12,14,18-19,25H,5-6,13H2,1-4H3. The van der Waals surface area contributed by atoms with Gasteiger partial charge in [-0.1, -0.05) is 43.7 Å². The predicted molar refractivity (Wildman–Crippen MR) is 116 cm³/mol. The second kappa shape index (κ2) is 8.78. The van der Waals surface area contributed by atoms with Crippen molar-refractivity contribution in [2.75, 3.05) is 0 Å². The van der Waals surface area contributed by atoms with Crippen LogP contribution in [0.1, 0.15) is 70.7 Å².